The van der Waals surface area contributed by atoms with Gasteiger partial charge in [0.05, 0.1) is 24.6 Å². The highest BCUT2D eigenvalue weighted by Crippen LogP contribution is 2.31. The van der Waals surface area contributed by atoms with Crippen molar-refractivity contribution in [2.45, 2.75) is 13.0 Å². The SMILES string of the molecule is COc1ccc(CCn2c(-c3ccc(Cl)cc3Cl)nc3oc4ccccc4c(=O)c3c2=O)cc1OC. The highest BCUT2D eigenvalue weighted by Gasteiger charge is 2.20. The molecule has 2 aromatic heterocycles. The molecule has 9 heteroatoms. The minimum atomic E-state index is -0.513. The Labute approximate surface area is 215 Å². The summed E-state index contributed by atoms with van der Waals surface area (Å²) in [5.41, 5.74) is 0.741. The van der Waals surface area contributed by atoms with E-state index in [0.29, 0.717) is 44.5 Å². The Morgan fingerprint density at radius 1 is 0.944 bits per heavy atom. The van der Waals surface area contributed by atoms with Crippen LogP contribution >= 0.6 is 23.2 Å². The van der Waals surface area contributed by atoms with Crippen molar-refractivity contribution in [1.29, 1.82) is 0 Å². The van der Waals surface area contributed by atoms with Gasteiger partial charge in [-0.25, -0.2) is 0 Å². The number of para-hydroxylation sites is 1. The molecule has 5 rings (SSSR count). The van der Waals surface area contributed by atoms with Crippen LogP contribution < -0.4 is 20.5 Å². The summed E-state index contributed by atoms with van der Waals surface area (Å²) in [6.07, 6.45) is 0.449. The topological polar surface area (TPSA) is 83.6 Å². The van der Waals surface area contributed by atoms with E-state index in [0.717, 1.165) is 5.56 Å². The fraction of sp³-hybridized carbons (Fsp3) is 0.148. The summed E-state index contributed by atoms with van der Waals surface area (Å²) in [5.74, 6) is 1.45. The molecule has 0 unspecified atom stereocenters. The second kappa shape index (κ2) is 9.68. The second-order valence-electron chi connectivity index (χ2n) is 8.06. The lowest BCUT2D eigenvalue weighted by molar-refractivity contribution is 0.354. The molecular weight excluding hydrogens is 503 g/mol. The predicted molar refractivity (Wildman–Crippen MR) is 141 cm³/mol. The number of methoxy groups -OCH3 is 2. The van der Waals surface area contributed by atoms with E-state index >= 15 is 0 Å². The van der Waals surface area contributed by atoms with Crippen LogP contribution in [0.15, 0.2) is 74.7 Å². The van der Waals surface area contributed by atoms with Gasteiger partial charge < -0.3 is 13.9 Å². The van der Waals surface area contributed by atoms with Gasteiger partial charge in [-0.15, -0.1) is 0 Å². The Bertz CT molecular complexity index is 1740. The summed E-state index contributed by atoms with van der Waals surface area (Å²) < 4.78 is 18.0. The number of halogens is 2. The molecule has 0 fully saturated rings. The molecule has 0 aliphatic rings. The molecule has 0 bridgehead atoms. The van der Waals surface area contributed by atoms with E-state index in [1.54, 1.807) is 62.8 Å². The van der Waals surface area contributed by atoms with E-state index in [2.05, 4.69) is 4.98 Å². The molecule has 0 atom stereocenters. The number of aromatic nitrogens is 2. The van der Waals surface area contributed by atoms with Crippen LogP contribution in [0.5, 0.6) is 11.5 Å². The summed E-state index contributed by atoms with van der Waals surface area (Å²) in [6, 6.07) is 17.2. The Morgan fingerprint density at radius 2 is 1.72 bits per heavy atom. The molecule has 0 saturated carbocycles. The minimum absolute atomic E-state index is 0.0490. The fourth-order valence-electron chi connectivity index (χ4n) is 4.15. The maximum atomic E-state index is 13.8. The van der Waals surface area contributed by atoms with Crippen molar-refractivity contribution < 1.29 is 13.9 Å². The van der Waals surface area contributed by atoms with Gasteiger partial charge in [-0.3, -0.25) is 14.2 Å². The monoisotopic (exact) mass is 522 g/mol. The molecule has 0 radical (unpaired) electrons. The van der Waals surface area contributed by atoms with Gasteiger partial charge in [0, 0.05) is 17.1 Å². The zero-order valence-corrected chi connectivity index (χ0v) is 20.9. The maximum absolute atomic E-state index is 13.8. The first-order chi connectivity index (χ1) is 17.4. The van der Waals surface area contributed by atoms with Crippen molar-refractivity contribution in [3.8, 4) is 22.9 Å². The summed E-state index contributed by atoms with van der Waals surface area (Å²) in [4.78, 5) is 31.6. The van der Waals surface area contributed by atoms with E-state index < -0.39 is 11.0 Å². The first-order valence-corrected chi connectivity index (χ1v) is 11.8. The summed E-state index contributed by atoms with van der Waals surface area (Å²) in [6.45, 7) is 0.220. The molecule has 0 saturated heterocycles. The molecule has 36 heavy (non-hydrogen) atoms. The van der Waals surface area contributed by atoms with Gasteiger partial charge in [0.2, 0.25) is 11.1 Å². The zero-order valence-electron chi connectivity index (χ0n) is 19.4. The lowest BCUT2D eigenvalue weighted by atomic mass is 10.1. The van der Waals surface area contributed by atoms with Crippen molar-refractivity contribution in [2.24, 2.45) is 0 Å². The van der Waals surface area contributed by atoms with Crippen LogP contribution in [0.1, 0.15) is 5.56 Å². The number of benzene rings is 3. The van der Waals surface area contributed by atoms with Crippen LogP contribution in [-0.2, 0) is 13.0 Å². The Balaban J connectivity index is 1.72. The average Bonchev–Trinajstić information content (AvgIpc) is 2.88. The van der Waals surface area contributed by atoms with Crippen LogP contribution in [-0.4, -0.2) is 23.8 Å². The molecule has 0 spiro atoms. The molecule has 0 N–H and O–H groups in total. The summed E-state index contributed by atoms with van der Waals surface area (Å²) >= 11 is 12.6. The van der Waals surface area contributed by atoms with Crippen LogP contribution in [0.25, 0.3) is 33.5 Å². The third kappa shape index (κ3) is 4.21. The number of fused-ring (bicyclic) bond motifs is 2. The number of nitrogens with zero attached hydrogens (tertiary/aromatic N) is 2. The van der Waals surface area contributed by atoms with E-state index in [1.807, 2.05) is 12.1 Å². The lowest BCUT2D eigenvalue weighted by Crippen LogP contribution is -2.28. The van der Waals surface area contributed by atoms with Crippen LogP contribution in [0.2, 0.25) is 10.0 Å². The van der Waals surface area contributed by atoms with E-state index in [9.17, 15) is 9.59 Å². The van der Waals surface area contributed by atoms with Crippen LogP contribution in [0.4, 0.5) is 0 Å². The number of hydrogen-bond acceptors (Lipinski definition) is 6. The quantitative estimate of drug-likeness (QED) is 0.264. The van der Waals surface area contributed by atoms with Crippen LogP contribution in [0, 0.1) is 0 Å². The smallest absolute Gasteiger partial charge is 0.269 e. The molecule has 7 nitrogen and oxygen atoms in total. The van der Waals surface area contributed by atoms with Crippen molar-refractivity contribution in [1.82, 2.24) is 9.55 Å². The van der Waals surface area contributed by atoms with E-state index in [1.165, 1.54) is 4.57 Å². The third-order valence-corrected chi connectivity index (χ3v) is 6.49. The Hall–Kier alpha value is -3.81. The van der Waals surface area contributed by atoms with Crippen molar-refractivity contribution in [3.63, 3.8) is 0 Å². The van der Waals surface area contributed by atoms with E-state index in [4.69, 9.17) is 37.1 Å². The van der Waals surface area contributed by atoms with Crippen molar-refractivity contribution in [2.75, 3.05) is 14.2 Å². The van der Waals surface area contributed by atoms with Gasteiger partial charge in [-0.1, -0.05) is 41.4 Å². The van der Waals surface area contributed by atoms with Crippen molar-refractivity contribution >= 4 is 45.3 Å². The first kappa shape index (κ1) is 23.9. The van der Waals surface area contributed by atoms with Gasteiger partial charge in [0.25, 0.3) is 5.56 Å². The maximum Gasteiger partial charge on any atom is 0.269 e. The molecule has 5 aromatic rings. The summed E-state index contributed by atoms with van der Waals surface area (Å²) in [7, 11) is 3.12. The Kier molecular flexibility index (Phi) is 6.43. The van der Waals surface area contributed by atoms with Gasteiger partial charge in [0.15, 0.2) is 16.9 Å². The molecular formula is C27H20Cl2N2O5. The minimum Gasteiger partial charge on any atom is -0.493 e. The normalized spacial score (nSPS) is 11.2. The highest BCUT2D eigenvalue weighted by molar-refractivity contribution is 6.36. The van der Waals surface area contributed by atoms with Gasteiger partial charge >= 0.3 is 0 Å². The average molecular weight is 523 g/mol. The molecule has 182 valence electrons. The van der Waals surface area contributed by atoms with Gasteiger partial charge in [-0.05, 0) is 54.4 Å². The molecule has 2 heterocycles. The molecule has 0 aliphatic heterocycles. The largest absolute Gasteiger partial charge is 0.493 e. The zero-order chi connectivity index (χ0) is 25.4. The third-order valence-electron chi connectivity index (χ3n) is 5.95. The number of rotatable bonds is 6. The lowest BCUT2D eigenvalue weighted by Gasteiger charge is -2.15. The Morgan fingerprint density at radius 3 is 2.47 bits per heavy atom. The fourth-order valence-corrected chi connectivity index (χ4v) is 4.64. The molecule has 0 amide bonds. The van der Waals surface area contributed by atoms with Crippen molar-refractivity contribution in [3.05, 3.63) is 96.8 Å². The summed E-state index contributed by atoms with van der Waals surface area (Å²) in [5, 5.41) is 0.959. The molecule has 3 aromatic carbocycles. The number of aryl methyl sites for hydroxylation is 1. The number of ether oxygens (including phenoxy) is 2. The van der Waals surface area contributed by atoms with Gasteiger partial charge in [0.1, 0.15) is 11.4 Å². The number of hydrogen-bond donors (Lipinski definition) is 0. The van der Waals surface area contributed by atoms with Crippen LogP contribution in [0.3, 0.4) is 0 Å². The highest BCUT2D eigenvalue weighted by atomic mass is 35.5. The standard InChI is InChI=1S/C27H20Cl2N2O5/c1-34-21-10-7-15(13-22(21)35-2)11-12-31-25(17-9-8-16(28)14-19(17)29)30-26-23(27(31)33)24(32)18-5-3-4-6-20(18)36-26/h3-10,13-14H,11-12H2,1-2H3. The van der Waals surface area contributed by atoms with E-state index in [-0.39, 0.29) is 23.5 Å². The molecule has 0 aliphatic carbocycles. The first-order valence-electron chi connectivity index (χ1n) is 11.0. The predicted octanol–water partition coefficient (Wildman–Crippen LogP) is 5.74. The van der Waals surface area contributed by atoms with Gasteiger partial charge in [-0.2, -0.15) is 4.98 Å². The second-order valence-corrected chi connectivity index (χ2v) is 8.91.